The fourth-order valence-corrected chi connectivity index (χ4v) is 2.31. The largest absolute Gasteiger partial charge is 0.457 e. The van der Waals surface area contributed by atoms with Crippen molar-refractivity contribution in [3.05, 3.63) is 77.0 Å². The van der Waals surface area contributed by atoms with E-state index in [-0.39, 0.29) is 12.4 Å². The number of nitrogens with zero attached hydrogens (tertiary/aromatic N) is 3. The standard InChI is InChI=1S/C18H16FN3O2/c1-12-9-13(2)22(21-12)17-8-5-15(10-20-17)18(23)24-11-14-3-6-16(19)7-4-14/h3-10H,11H2,1-2H3. The Labute approximate surface area is 138 Å². The molecule has 0 N–H and O–H groups in total. The van der Waals surface area contributed by atoms with Crippen LogP contribution >= 0.6 is 0 Å². The van der Waals surface area contributed by atoms with Crippen LogP contribution in [0.25, 0.3) is 5.82 Å². The molecule has 3 rings (SSSR count). The van der Waals surface area contributed by atoms with E-state index in [1.807, 2.05) is 19.9 Å². The van der Waals surface area contributed by atoms with E-state index in [2.05, 4.69) is 10.1 Å². The van der Waals surface area contributed by atoms with Crippen LogP contribution in [-0.2, 0) is 11.3 Å². The van der Waals surface area contributed by atoms with Gasteiger partial charge in [-0.2, -0.15) is 5.10 Å². The molecule has 0 atom stereocenters. The van der Waals surface area contributed by atoms with Crippen LogP contribution in [0.15, 0.2) is 48.7 Å². The first-order chi connectivity index (χ1) is 11.5. The molecule has 0 spiro atoms. The molecule has 0 aliphatic carbocycles. The molecule has 0 amide bonds. The molecule has 1 aromatic carbocycles. The van der Waals surface area contributed by atoms with Crippen molar-refractivity contribution in [3.63, 3.8) is 0 Å². The molecule has 0 unspecified atom stereocenters. The smallest absolute Gasteiger partial charge is 0.340 e. The van der Waals surface area contributed by atoms with Gasteiger partial charge in [0.2, 0.25) is 0 Å². The first kappa shape index (κ1) is 15.9. The zero-order valence-electron chi connectivity index (χ0n) is 13.4. The van der Waals surface area contributed by atoms with Crippen molar-refractivity contribution >= 4 is 5.97 Å². The van der Waals surface area contributed by atoms with Crippen molar-refractivity contribution in [2.45, 2.75) is 20.5 Å². The number of rotatable bonds is 4. The molecule has 2 aromatic heterocycles. The quantitative estimate of drug-likeness (QED) is 0.690. The number of esters is 1. The third-order valence-electron chi connectivity index (χ3n) is 3.49. The Kier molecular flexibility index (Phi) is 4.37. The van der Waals surface area contributed by atoms with Crippen molar-refractivity contribution in [1.82, 2.24) is 14.8 Å². The topological polar surface area (TPSA) is 57.0 Å². The van der Waals surface area contributed by atoms with E-state index in [1.165, 1.54) is 18.3 Å². The summed E-state index contributed by atoms with van der Waals surface area (Å²) in [4.78, 5) is 16.3. The summed E-state index contributed by atoms with van der Waals surface area (Å²) in [6.45, 7) is 3.93. The van der Waals surface area contributed by atoms with E-state index in [9.17, 15) is 9.18 Å². The molecule has 0 bridgehead atoms. The summed E-state index contributed by atoms with van der Waals surface area (Å²) in [5.41, 5.74) is 2.93. The lowest BCUT2D eigenvalue weighted by molar-refractivity contribution is 0.0472. The molecule has 0 saturated heterocycles. The molecule has 5 nitrogen and oxygen atoms in total. The Bertz CT molecular complexity index is 855. The molecule has 2 heterocycles. The molecule has 24 heavy (non-hydrogen) atoms. The van der Waals surface area contributed by atoms with Gasteiger partial charge >= 0.3 is 5.97 Å². The summed E-state index contributed by atoms with van der Waals surface area (Å²) in [6, 6.07) is 11.1. The molecule has 3 aromatic rings. The second-order valence-corrected chi connectivity index (χ2v) is 5.45. The van der Waals surface area contributed by atoms with Crippen molar-refractivity contribution in [1.29, 1.82) is 0 Å². The van der Waals surface area contributed by atoms with Gasteiger partial charge in [0, 0.05) is 11.9 Å². The predicted molar refractivity (Wildman–Crippen MR) is 86.4 cm³/mol. The van der Waals surface area contributed by atoms with Crippen LogP contribution in [0.5, 0.6) is 0 Å². The zero-order chi connectivity index (χ0) is 17.1. The predicted octanol–water partition coefficient (Wildman–Crippen LogP) is 3.38. The number of aryl methyl sites for hydroxylation is 2. The van der Waals surface area contributed by atoms with Crippen molar-refractivity contribution in [2.75, 3.05) is 0 Å². The van der Waals surface area contributed by atoms with Crippen LogP contribution in [0, 0.1) is 19.7 Å². The second kappa shape index (κ2) is 6.62. The Morgan fingerprint density at radius 1 is 1.17 bits per heavy atom. The zero-order valence-corrected chi connectivity index (χ0v) is 13.4. The summed E-state index contributed by atoms with van der Waals surface area (Å²) in [6.07, 6.45) is 1.46. The summed E-state index contributed by atoms with van der Waals surface area (Å²) < 4.78 is 19.7. The van der Waals surface area contributed by atoms with Crippen LogP contribution < -0.4 is 0 Å². The number of hydrogen-bond acceptors (Lipinski definition) is 4. The number of carbonyl (C=O) groups excluding carboxylic acids is 1. The Morgan fingerprint density at radius 3 is 2.50 bits per heavy atom. The first-order valence-electron chi connectivity index (χ1n) is 7.44. The highest BCUT2D eigenvalue weighted by Crippen LogP contribution is 2.12. The van der Waals surface area contributed by atoms with Crippen molar-refractivity contribution in [3.8, 4) is 5.82 Å². The third kappa shape index (κ3) is 3.48. The molecule has 0 saturated carbocycles. The highest BCUT2D eigenvalue weighted by molar-refractivity contribution is 5.89. The molecule has 0 fully saturated rings. The van der Waals surface area contributed by atoms with Crippen LogP contribution in [0.1, 0.15) is 27.3 Å². The first-order valence-corrected chi connectivity index (χ1v) is 7.44. The number of halogens is 1. The van der Waals surface area contributed by atoms with Gasteiger partial charge < -0.3 is 4.74 Å². The number of hydrogen-bond donors (Lipinski definition) is 0. The summed E-state index contributed by atoms with van der Waals surface area (Å²) >= 11 is 0. The summed E-state index contributed by atoms with van der Waals surface area (Å²) in [5, 5.41) is 4.35. The number of benzene rings is 1. The van der Waals surface area contributed by atoms with Gasteiger partial charge in [-0.3, -0.25) is 0 Å². The number of ether oxygens (including phenoxy) is 1. The lowest BCUT2D eigenvalue weighted by Crippen LogP contribution is -2.07. The molecule has 0 aliphatic heterocycles. The van der Waals surface area contributed by atoms with Crippen molar-refractivity contribution in [2.24, 2.45) is 0 Å². The second-order valence-electron chi connectivity index (χ2n) is 5.45. The third-order valence-corrected chi connectivity index (χ3v) is 3.49. The highest BCUT2D eigenvalue weighted by Gasteiger charge is 2.10. The Hall–Kier alpha value is -3.02. The van der Waals surface area contributed by atoms with Gasteiger partial charge in [0.1, 0.15) is 12.4 Å². The molecule has 0 radical (unpaired) electrons. The van der Waals surface area contributed by atoms with Gasteiger partial charge in [0.25, 0.3) is 0 Å². The van der Waals surface area contributed by atoms with Crippen LogP contribution in [0.2, 0.25) is 0 Å². The van der Waals surface area contributed by atoms with Gasteiger partial charge in [-0.1, -0.05) is 12.1 Å². The number of carbonyl (C=O) groups is 1. The normalized spacial score (nSPS) is 10.6. The number of aromatic nitrogens is 3. The van der Waals surface area contributed by atoms with E-state index >= 15 is 0 Å². The van der Waals surface area contributed by atoms with Gasteiger partial charge in [-0.05, 0) is 49.7 Å². The fourth-order valence-electron chi connectivity index (χ4n) is 2.31. The van der Waals surface area contributed by atoms with Crippen LogP contribution in [0.4, 0.5) is 4.39 Å². The minimum Gasteiger partial charge on any atom is -0.457 e. The monoisotopic (exact) mass is 325 g/mol. The Balaban J connectivity index is 1.67. The lowest BCUT2D eigenvalue weighted by atomic mass is 10.2. The molecule has 122 valence electrons. The molecule has 0 aliphatic rings. The molecular weight excluding hydrogens is 309 g/mol. The average Bonchev–Trinajstić information content (AvgIpc) is 2.92. The SMILES string of the molecule is Cc1cc(C)n(-c2ccc(C(=O)OCc3ccc(F)cc3)cn2)n1. The summed E-state index contributed by atoms with van der Waals surface area (Å²) in [5.74, 6) is -0.170. The minimum absolute atomic E-state index is 0.0817. The molecule has 6 heteroatoms. The van der Waals surface area contributed by atoms with Gasteiger partial charge in [0.15, 0.2) is 5.82 Å². The Morgan fingerprint density at radius 2 is 1.92 bits per heavy atom. The van der Waals surface area contributed by atoms with Crippen LogP contribution in [-0.4, -0.2) is 20.7 Å². The maximum atomic E-state index is 12.8. The van der Waals surface area contributed by atoms with E-state index in [0.717, 1.165) is 17.0 Å². The minimum atomic E-state index is -0.480. The van der Waals surface area contributed by atoms with E-state index < -0.39 is 5.97 Å². The van der Waals surface area contributed by atoms with Crippen molar-refractivity contribution < 1.29 is 13.9 Å². The van der Waals surface area contributed by atoms with E-state index in [0.29, 0.717) is 11.4 Å². The van der Waals surface area contributed by atoms with Gasteiger partial charge in [-0.25, -0.2) is 18.9 Å². The number of pyridine rings is 1. The van der Waals surface area contributed by atoms with E-state index in [1.54, 1.807) is 28.9 Å². The maximum absolute atomic E-state index is 12.8. The average molecular weight is 325 g/mol. The van der Waals surface area contributed by atoms with Gasteiger partial charge in [-0.15, -0.1) is 0 Å². The summed E-state index contributed by atoms with van der Waals surface area (Å²) in [7, 11) is 0. The van der Waals surface area contributed by atoms with Gasteiger partial charge in [0.05, 0.1) is 11.3 Å². The fraction of sp³-hybridized carbons (Fsp3) is 0.167. The maximum Gasteiger partial charge on any atom is 0.340 e. The highest BCUT2D eigenvalue weighted by atomic mass is 19.1. The lowest BCUT2D eigenvalue weighted by Gasteiger charge is -2.06. The van der Waals surface area contributed by atoms with E-state index in [4.69, 9.17) is 4.74 Å². The molecular formula is C18H16FN3O2. The van der Waals surface area contributed by atoms with Crippen LogP contribution in [0.3, 0.4) is 0 Å².